The summed E-state index contributed by atoms with van der Waals surface area (Å²) in [4.78, 5) is 35.1. The van der Waals surface area contributed by atoms with Crippen molar-refractivity contribution in [3.8, 4) is 0 Å². The summed E-state index contributed by atoms with van der Waals surface area (Å²) in [5.41, 5.74) is 5.42. The zero-order chi connectivity index (χ0) is 22.9. The average molecular weight is 441 g/mol. The van der Waals surface area contributed by atoms with Gasteiger partial charge >= 0.3 is 0 Å². The Balaban J connectivity index is 1.23. The van der Waals surface area contributed by atoms with Gasteiger partial charge in [0.1, 0.15) is 0 Å². The van der Waals surface area contributed by atoms with E-state index >= 15 is 0 Å². The van der Waals surface area contributed by atoms with Crippen LogP contribution in [-0.4, -0.2) is 29.8 Å². The largest absolute Gasteiger partial charge is 0.354 e. The Morgan fingerprint density at radius 3 is 2.15 bits per heavy atom. The summed E-state index contributed by atoms with van der Waals surface area (Å²) >= 11 is 0. The number of nitrogens with zero attached hydrogens (tertiary/aromatic N) is 1. The van der Waals surface area contributed by atoms with Crippen LogP contribution < -0.4 is 10.6 Å². The lowest BCUT2D eigenvalue weighted by atomic mass is 9.59. The number of hydrogen-bond donors (Lipinski definition) is 2. The van der Waals surface area contributed by atoms with E-state index in [0.717, 1.165) is 6.42 Å². The molecule has 0 heterocycles. The zero-order valence-electron chi connectivity index (χ0n) is 17.9. The second-order valence-corrected chi connectivity index (χ2v) is 8.58. The molecular formula is C26H23N3O4. The van der Waals surface area contributed by atoms with Gasteiger partial charge in [0, 0.05) is 36.1 Å². The topological polar surface area (TPSA) is 101 Å². The number of nitrogens with one attached hydrogen (secondary N) is 2. The van der Waals surface area contributed by atoms with E-state index in [4.69, 9.17) is 0 Å². The monoisotopic (exact) mass is 441 g/mol. The fourth-order valence-electron chi connectivity index (χ4n) is 5.29. The molecular weight excluding hydrogens is 418 g/mol. The second kappa shape index (κ2) is 8.50. The van der Waals surface area contributed by atoms with Crippen molar-refractivity contribution >= 4 is 17.5 Å². The highest BCUT2D eigenvalue weighted by Gasteiger charge is 2.42. The van der Waals surface area contributed by atoms with Gasteiger partial charge in [-0.05, 0) is 40.7 Å². The Kier molecular flexibility index (Phi) is 5.38. The summed E-state index contributed by atoms with van der Waals surface area (Å²) in [5.74, 6) is 0.0430. The molecule has 3 aliphatic carbocycles. The summed E-state index contributed by atoms with van der Waals surface area (Å²) in [6.45, 7) is 0.338. The maximum absolute atomic E-state index is 12.5. The normalized spacial score (nSPS) is 19.8. The highest BCUT2D eigenvalue weighted by molar-refractivity contribution is 5.96. The number of hydrogen-bond acceptors (Lipinski definition) is 4. The number of fused-ring (bicyclic) bond motifs is 1. The van der Waals surface area contributed by atoms with Crippen molar-refractivity contribution in [3.05, 3.63) is 111 Å². The number of nitro groups is 1. The number of rotatable bonds is 6. The SMILES string of the molecule is O=C(CNC(=O)c1cccc([N+](=O)[O-])c1)NCC1CC2c3ccccc3C1c1ccccc12. The molecule has 3 aliphatic rings. The third kappa shape index (κ3) is 3.86. The molecule has 1 unspecified atom stereocenters. The molecule has 0 spiro atoms. The van der Waals surface area contributed by atoms with Crippen molar-refractivity contribution in [2.24, 2.45) is 5.92 Å². The van der Waals surface area contributed by atoms with Gasteiger partial charge in [-0.2, -0.15) is 0 Å². The molecule has 166 valence electrons. The van der Waals surface area contributed by atoms with Gasteiger partial charge in [-0.1, -0.05) is 54.6 Å². The maximum atomic E-state index is 12.5. The van der Waals surface area contributed by atoms with Crippen LogP contribution in [0.1, 0.15) is 50.9 Å². The van der Waals surface area contributed by atoms with E-state index < -0.39 is 10.8 Å². The van der Waals surface area contributed by atoms with Crippen molar-refractivity contribution in [1.29, 1.82) is 0 Å². The van der Waals surface area contributed by atoms with E-state index in [0.29, 0.717) is 12.5 Å². The minimum absolute atomic E-state index is 0.148. The summed E-state index contributed by atoms with van der Waals surface area (Å²) in [5, 5.41) is 16.4. The average Bonchev–Trinajstić information content (AvgIpc) is 2.86. The highest BCUT2D eigenvalue weighted by Crippen LogP contribution is 2.55. The minimum Gasteiger partial charge on any atom is -0.354 e. The molecule has 6 rings (SSSR count). The smallest absolute Gasteiger partial charge is 0.270 e. The van der Waals surface area contributed by atoms with Crippen LogP contribution >= 0.6 is 0 Å². The van der Waals surface area contributed by atoms with Crippen LogP contribution in [0.5, 0.6) is 0 Å². The molecule has 7 nitrogen and oxygen atoms in total. The molecule has 2 bridgehead atoms. The Morgan fingerprint density at radius 2 is 1.52 bits per heavy atom. The number of carbonyl (C=O) groups excluding carboxylic acids is 2. The summed E-state index contributed by atoms with van der Waals surface area (Å²) < 4.78 is 0. The standard InChI is InChI=1S/C26H23N3O4/c30-24(15-28-26(31)16-6-5-7-18(12-16)29(32)33)27-14-17-13-23-19-8-1-3-10-21(19)25(17)22-11-4-2-9-20(22)23/h1-12,17,23,25H,13-15H2,(H,27,30)(H,28,31). The van der Waals surface area contributed by atoms with E-state index in [1.54, 1.807) is 0 Å². The Morgan fingerprint density at radius 1 is 0.879 bits per heavy atom. The molecule has 0 fully saturated rings. The van der Waals surface area contributed by atoms with Crippen LogP contribution in [0.3, 0.4) is 0 Å². The van der Waals surface area contributed by atoms with Gasteiger partial charge in [0.15, 0.2) is 0 Å². The fraction of sp³-hybridized carbons (Fsp3) is 0.231. The summed E-state index contributed by atoms with van der Waals surface area (Å²) in [6, 6.07) is 22.6. The van der Waals surface area contributed by atoms with E-state index in [1.165, 1.54) is 46.5 Å². The van der Waals surface area contributed by atoms with Crippen molar-refractivity contribution in [2.45, 2.75) is 18.3 Å². The van der Waals surface area contributed by atoms with Crippen LogP contribution in [0.4, 0.5) is 5.69 Å². The highest BCUT2D eigenvalue weighted by atomic mass is 16.6. The first-order valence-electron chi connectivity index (χ1n) is 11.0. The van der Waals surface area contributed by atoms with E-state index in [-0.39, 0.29) is 35.5 Å². The first-order chi connectivity index (χ1) is 16.0. The molecule has 0 saturated heterocycles. The van der Waals surface area contributed by atoms with Gasteiger partial charge in [0.05, 0.1) is 11.5 Å². The second-order valence-electron chi connectivity index (χ2n) is 8.58. The third-order valence-electron chi connectivity index (χ3n) is 6.71. The first kappa shape index (κ1) is 20.9. The van der Waals surface area contributed by atoms with Gasteiger partial charge < -0.3 is 10.6 Å². The molecule has 1 atom stereocenters. The maximum Gasteiger partial charge on any atom is 0.270 e. The van der Waals surface area contributed by atoms with Crippen LogP contribution in [0.15, 0.2) is 72.8 Å². The third-order valence-corrected chi connectivity index (χ3v) is 6.71. The summed E-state index contributed by atoms with van der Waals surface area (Å²) in [7, 11) is 0. The molecule has 3 aromatic carbocycles. The van der Waals surface area contributed by atoms with E-state index in [9.17, 15) is 19.7 Å². The van der Waals surface area contributed by atoms with Gasteiger partial charge in [-0.15, -0.1) is 0 Å². The van der Waals surface area contributed by atoms with Crippen molar-refractivity contribution in [1.82, 2.24) is 10.6 Å². The molecule has 0 aliphatic heterocycles. The van der Waals surface area contributed by atoms with Crippen molar-refractivity contribution in [2.75, 3.05) is 13.1 Å². The lowest BCUT2D eigenvalue weighted by Crippen LogP contribution is -2.42. The number of amides is 2. The number of benzene rings is 3. The predicted molar refractivity (Wildman–Crippen MR) is 123 cm³/mol. The Labute approximate surface area is 191 Å². The van der Waals surface area contributed by atoms with E-state index in [1.807, 2.05) is 0 Å². The molecule has 2 N–H and O–H groups in total. The molecule has 3 aromatic rings. The Bertz CT molecular complexity index is 1210. The molecule has 0 aromatic heterocycles. The van der Waals surface area contributed by atoms with Crippen molar-refractivity contribution < 1.29 is 14.5 Å². The fourth-order valence-corrected chi connectivity index (χ4v) is 5.29. The summed E-state index contributed by atoms with van der Waals surface area (Å²) in [6.07, 6.45) is 0.971. The quantitative estimate of drug-likeness (QED) is 0.449. The molecule has 0 radical (unpaired) electrons. The number of carbonyl (C=O) groups is 2. The van der Waals surface area contributed by atoms with E-state index in [2.05, 4.69) is 59.2 Å². The molecule has 7 heteroatoms. The predicted octanol–water partition coefficient (Wildman–Crippen LogP) is 3.74. The van der Waals surface area contributed by atoms with Crippen LogP contribution in [-0.2, 0) is 4.79 Å². The van der Waals surface area contributed by atoms with Crippen molar-refractivity contribution in [3.63, 3.8) is 0 Å². The molecule has 33 heavy (non-hydrogen) atoms. The zero-order valence-corrected chi connectivity index (χ0v) is 17.9. The van der Waals surface area contributed by atoms with Crippen LogP contribution in [0.2, 0.25) is 0 Å². The van der Waals surface area contributed by atoms with Gasteiger partial charge in [0.2, 0.25) is 5.91 Å². The van der Waals surface area contributed by atoms with Gasteiger partial charge in [0.25, 0.3) is 11.6 Å². The van der Waals surface area contributed by atoms with Gasteiger partial charge in [-0.25, -0.2) is 0 Å². The number of nitro benzene ring substituents is 1. The lowest BCUT2D eigenvalue weighted by Gasteiger charge is -2.45. The first-order valence-corrected chi connectivity index (χ1v) is 11.0. The lowest BCUT2D eigenvalue weighted by molar-refractivity contribution is -0.384. The molecule has 0 saturated carbocycles. The van der Waals surface area contributed by atoms with Crippen LogP contribution in [0.25, 0.3) is 0 Å². The Hall–Kier alpha value is -4.00. The number of non-ortho nitro benzene ring substituents is 1. The molecule has 2 amide bonds. The van der Waals surface area contributed by atoms with Crippen LogP contribution in [0, 0.1) is 16.0 Å². The minimum atomic E-state index is -0.558. The van der Waals surface area contributed by atoms with Gasteiger partial charge in [-0.3, -0.25) is 19.7 Å².